The van der Waals surface area contributed by atoms with Gasteiger partial charge in [0, 0.05) is 45.1 Å². The number of aromatic nitrogens is 3. The third kappa shape index (κ3) is 4.82. The zero-order valence-electron chi connectivity index (χ0n) is 18.7. The van der Waals surface area contributed by atoms with Crippen molar-refractivity contribution in [2.24, 2.45) is 0 Å². The van der Waals surface area contributed by atoms with Gasteiger partial charge in [-0.3, -0.25) is 9.69 Å². The molecule has 0 fully saturated rings. The van der Waals surface area contributed by atoms with Gasteiger partial charge < -0.3 is 4.57 Å². The maximum atomic E-state index is 13.5. The first-order valence-electron chi connectivity index (χ1n) is 10.4. The molecule has 1 amide bonds. The molecule has 172 valence electrons. The first-order valence-corrected chi connectivity index (χ1v) is 12.7. The van der Waals surface area contributed by atoms with Crippen molar-refractivity contribution in [2.45, 2.75) is 24.8 Å². The van der Waals surface area contributed by atoms with E-state index < -0.39 is 10.0 Å². The molecule has 4 aromatic rings. The van der Waals surface area contributed by atoms with Gasteiger partial charge in [0.2, 0.25) is 10.0 Å². The minimum atomic E-state index is -3.56. The Balaban J connectivity index is 1.64. The lowest BCUT2D eigenvalue weighted by atomic mass is 10.2. The summed E-state index contributed by atoms with van der Waals surface area (Å²) in [5.41, 5.74) is 2.35. The van der Waals surface area contributed by atoms with E-state index in [9.17, 15) is 13.2 Å². The van der Waals surface area contributed by atoms with Crippen molar-refractivity contribution in [2.75, 3.05) is 25.5 Å². The fraction of sp³-hybridized carbons (Fsp3) is 0.261. The number of hydrogen-bond donors (Lipinski definition) is 0. The highest BCUT2D eigenvalue weighted by Gasteiger charge is 2.23. The second-order valence-corrected chi connectivity index (χ2v) is 11.0. The monoisotopic (exact) mass is 483 g/mol. The van der Waals surface area contributed by atoms with Gasteiger partial charge in [-0.1, -0.05) is 23.5 Å². The lowest BCUT2D eigenvalue weighted by Gasteiger charge is -2.20. The number of fused-ring (bicyclic) bond motifs is 1. The van der Waals surface area contributed by atoms with Crippen LogP contribution in [0.5, 0.6) is 0 Å². The largest absolute Gasteiger partial charge is 0.337 e. The van der Waals surface area contributed by atoms with E-state index in [4.69, 9.17) is 4.98 Å². The number of hydrogen-bond acceptors (Lipinski definition) is 6. The number of benzene rings is 2. The molecule has 2 aromatic heterocycles. The molecule has 0 spiro atoms. The molecule has 33 heavy (non-hydrogen) atoms. The van der Waals surface area contributed by atoms with E-state index in [2.05, 4.69) is 4.98 Å². The molecule has 0 unspecified atom stereocenters. The molecule has 0 saturated heterocycles. The average Bonchev–Trinajstić information content (AvgIpc) is 3.47. The molecule has 0 N–H and O–H groups in total. The Morgan fingerprint density at radius 3 is 2.52 bits per heavy atom. The number of imidazole rings is 1. The van der Waals surface area contributed by atoms with Crippen molar-refractivity contribution in [1.29, 1.82) is 0 Å². The number of anilines is 1. The standard InChI is InChI=1S/C23H25N5O3S2/c1-17-6-4-7-20-21(17)25-23(32-20)28(14-5-13-27-15-12-24-16-27)22(29)18-8-10-19(11-9-18)33(30,31)26(2)3/h4,6-12,15-16H,5,13-14H2,1-3H3. The predicted octanol–water partition coefficient (Wildman–Crippen LogP) is 3.79. The molecule has 0 aliphatic carbocycles. The summed E-state index contributed by atoms with van der Waals surface area (Å²) in [6, 6.07) is 12.0. The number of aryl methyl sites for hydroxylation is 2. The molecule has 0 aliphatic rings. The number of amides is 1. The Morgan fingerprint density at radius 1 is 1.12 bits per heavy atom. The van der Waals surface area contributed by atoms with Crippen molar-refractivity contribution in [1.82, 2.24) is 18.8 Å². The van der Waals surface area contributed by atoms with E-state index in [1.807, 2.05) is 35.9 Å². The normalized spacial score (nSPS) is 11.9. The van der Waals surface area contributed by atoms with Gasteiger partial charge in [0.1, 0.15) is 0 Å². The second-order valence-electron chi connectivity index (χ2n) is 7.84. The van der Waals surface area contributed by atoms with Gasteiger partial charge in [-0.15, -0.1) is 0 Å². The molecule has 0 saturated carbocycles. The van der Waals surface area contributed by atoms with Crippen LogP contribution in [0.2, 0.25) is 0 Å². The van der Waals surface area contributed by atoms with Gasteiger partial charge in [-0.05, 0) is 49.2 Å². The SMILES string of the molecule is Cc1cccc2sc(N(CCCn3ccnc3)C(=O)c3ccc(S(=O)(=O)N(C)C)cc3)nc12. The van der Waals surface area contributed by atoms with Crippen LogP contribution in [0.3, 0.4) is 0 Å². The number of carbonyl (C=O) groups is 1. The quantitative estimate of drug-likeness (QED) is 0.380. The number of carbonyl (C=O) groups excluding carboxylic acids is 1. The lowest BCUT2D eigenvalue weighted by Crippen LogP contribution is -2.32. The highest BCUT2D eigenvalue weighted by Crippen LogP contribution is 2.31. The molecule has 2 aromatic carbocycles. The highest BCUT2D eigenvalue weighted by molar-refractivity contribution is 7.89. The Kier molecular flexibility index (Phi) is 6.59. The molecule has 4 rings (SSSR count). The van der Waals surface area contributed by atoms with Gasteiger partial charge in [-0.25, -0.2) is 22.7 Å². The lowest BCUT2D eigenvalue weighted by molar-refractivity contribution is 0.0986. The molecule has 10 heteroatoms. The third-order valence-electron chi connectivity index (χ3n) is 5.32. The van der Waals surface area contributed by atoms with Crippen molar-refractivity contribution in [3.63, 3.8) is 0 Å². The van der Waals surface area contributed by atoms with E-state index in [0.717, 1.165) is 20.1 Å². The number of nitrogens with zero attached hydrogens (tertiary/aromatic N) is 5. The Morgan fingerprint density at radius 2 is 1.88 bits per heavy atom. The molecule has 8 nitrogen and oxygen atoms in total. The average molecular weight is 484 g/mol. The molecule has 0 atom stereocenters. The van der Waals surface area contributed by atoms with E-state index in [1.165, 1.54) is 37.6 Å². The fourth-order valence-corrected chi connectivity index (χ4v) is 5.41. The van der Waals surface area contributed by atoms with Crippen molar-refractivity contribution < 1.29 is 13.2 Å². The maximum Gasteiger partial charge on any atom is 0.260 e. The van der Waals surface area contributed by atoms with E-state index >= 15 is 0 Å². The maximum absolute atomic E-state index is 13.5. The van der Waals surface area contributed by atoms with Crippen LogP contribution in [0.25, 0.3) is 10.2 Å². The van der Waals surface area contributed by atoms with Crippen LogP contribution >= 0.6 is 11.3 Å². The van der Waals surface area contributed by atoms with E-state index in [1.54, 1.807) is 29.6 Å². The van der Waals surface area contributed by atoms with E-state index in [0.29, 0.717) is 30.2 Å². The van der Waals surface area contributed by atoms with Crippen molar-refractivity contribution in [3.8, 4) is 0 Å². The van der Waals surface area contributed by atoms with Gasteiger partial charge in [0.25, 0.3) is 5.91 Å². The zero-order valence-corrected chi connectivity index (χ0v) is 20.3. The Bertz CT molecular complexity index is 1360. The van der Waals surface area contributed by atoms with Gasteiger partial charge in [0.05, 0.1) is 21.4 Å². The summed E-state index contributed by atoms with van der Waals surface area (Å²) in [7, 11) is -0.608. The number of thiazole rings is 1. The van der Waals surface area contributed by atoms with Gasteiger partial charge in [-0.2, -0.15) is 0 Å². The van der Waals surface area contributed by atoms with Crippen molar-refractivity contribution >= 4 is 42.6 Å². The first kappa shape index (κ1) is 23.1. The van der Waals surface area contributed by atoms with Crippen molar-refractivity contribution in [3.05, 3.63) is 72.3 Å². The third-order valence-corrected chi connectivity index (χ3v) is 8.20. The summed E-state index contributed by atoms with van der Waals surface area (Å²) in [5.74, 6) is -0.217. The smallest absolute Gasteiger partial charge is 0.260 e. The minimum absolute atomic E-state index is 0.145. The van der Waals surface area contributed by atoms with Crippen LogP contribution < -0.4 is 4.90 Å². The predicted molar refractivity (Wildman–Crippen MR) is 130 cm³/mol. The van der Waals surface area contributed by atoms with Crippen LogP contribution in [0, 0.1) is 6.92 Å². The number of sulfonamides is 1. The Hall–Kier alpha value is -3.08. The van der Waals surface area contributed by atoms with Gasteiger partial charge >= 0.3 is 0 Å². The number of para-hydroxylation sites is 1. The minimum Gasteiger partial charge on any atom is -0.337 e. The van der Waals surface area contributed by atoms with Crippen LogP contribution in [0.15, 0.2) is 66.1 Å². The summed E-state index contributed by atoms with van der Waals surface area (Å²) >= 11 is 1.47. The summed E-state index contributed by atoms with van der Waals surface area (Å²) in [5, 5.41) is 0.625. The van der Waals surface area contributed by atoms with E-state index in [-0.39, 0.29) is 10.8 Å². The molecule has 0 aliphatic heterocycles. The molecule has 0 radical (unpaired) electrons. The molecular formula is C23H25N5O3S2. The first-order chi connectivity index (χ1) is 15.8. The van der Waals surface area contributed by atoms with Crippen LogP contribution in [-0.2, 0) is 16.6 Å². The van der Waals surface area contributed by atoms with Crippen LogP contribution in [-0.4, -0.2) is 53.8 Å². The Labute approximate surface area is 197 Å². The zero-order chi connectivity index (χ0) is 23.6. The van der Waals surface area contributed by atoms with Crippen LogP contribution in [0.4, 0.5) is 5.13 Å². The van der Waals surface area contributed by atoms with Crippen LogP contribution in [0.1, 0.15) is 22.3 Å². The topological polar surface area (TPSA) is 88.4 Å². The summed E-state index contributed by atoms with van der Waals surface area (Å²) in [4.78, 5) is 24.1. The highest BCUT2D eigenvalue weighted by atomic mass is 32.2. The second kappa shape index (κ2) is 9.42. The van der Waals surface area contributed by atoms with Gasteiger partial charge in [0.15, 0.2) is 5.13 Å². The number of rotatable bonds is 8. The molecular weight excluding hydrogens is 458 g/mol. The summed E-state index contributed by atoms with van der Waals surface area (Å²) < 4.78 is 28.9. The molecule has 2 heterocycles. The molecule has 0 bridgehead atoms. The fourth-order valence-electron chi connectivity index (χ4n) is 3.44. The summed E-state index contributed by atoms with van der Waals surface area (Å²) in [6.07, 6.45) is 6.07. The summed E-state index contributed by atoms with van der Waals surface area (Å²) in [6.45, 7) is 3.18.